The van der Waals surface area contributed by atoms with Crippen LogP contribution in [0.2, 0.25) is 5.02 Å². The van der Waals surface area contributed by atoms with E-state index < -0.39 is 0 Å². The SMILES string of the molecule is CNc1ncc(C(=O)NC2CCCCC2SC)cc1Cl. The van der Waals surface area contributed by atoms with Crippen LogP contribution in [0.1, 0.15) is 36.0 Å². The second kappa shape index (κ2) is 7.18. The normalized spacial score (nSPS) is 22.4. The number of amides is 1. The van der Waals surface area contributed by atoms with Crippen LogP contribution in [-0.4, -0.2) is 35.5 Å². The summed E-state index contributed by atoms with van der Waals surface area (Å²) in [6.45, 7) is 0. The summed E-state index contributed by atoms with van der Waals surface area (Å²) >= 11 is 7.90. The Morgan fingerprint density at radius 1 is 1.45 bits per heavy atom. The minimum Gasteiger partial charge on any atom is -0.372 e. The average Bonchev–Trinajstić information content (AvgIpc) is 2.47. The zero-order valence-corrected chi connectivity index (χ0v) is 13.4. The summed E-state index contributed by atoms with van der Waals surface area (Å²) in [4.78, 5) is 16.4. The molecule has 1 amide bonds. The second-order valence-electron chi connectivity index (χ2n) is 4.94. The number of carbonyl (C=O) groups excluding carboxylic acids is 1. The van der Waals surface area contributed by atoms with Crippen LogP contribution in [0.15, 0.2) is 12.3 Å². The van der Waals surface area contributed by atoms with Gasteiger partial charge in [0.05, 0.1) is 10.6 Å². The van der Waals surface area contributed by atoms with Gasteiger partial charge in [-0.05, 0) is 25.2 Å². The molecular weight excluding hydrogens is 294 g/mol. The molecule has 0 aromatic carbocycles. The molecule has 1 saturated carbocycles. The number of rotatable bonds is 4. The van der Waals surface area contributed by atoms with Crippen molar-refractivity contribution in [2.24, 2.45) is 0 Å². The van der Waals surface area contributed by atoms with Crippen LogP contribution >= 0.6 is 23.4 Å². The van der Waals surface area contributed by atoms with Crippen LogP contribution in [0, 0.1) is 0 Å². The van der Waals surface area contributed by atoms with Crippen LogP contribution in [0.3, 0.4) is 0 Å². The van der Waals surface area contributed by atoms with E-state index in [0.29, 0.717) is 21.7 Å². The van der Waals surface area contributed by atoms with Gasteiger partial charge in [-0.1, -0.05) is 24.4 Å². The van der Waals surface area contributed by atoms with Crippen LogP contribution in [-0.2, 0) is 0 Å². The molecule has 2 rings (SSSR count). The summed E-state index contributed by atoms with van der Waals surface area (Å²) in [5.41, 5.74) is 0.513. The van der Waals surface area contributed by atoms with E-state index in [1.54, 1.807) is 19.3 Å². The molecule has 6 heteroatoms. The van der Waals surface area contributed by atoms with Gasteiger partial charge in [0.25, 0.3) is 5.91 Å². The smallest absolute Gasteiger partial charge is 0.253 e. The van der Waals surface area contributed by atoms with Crippen molar-refractivity contribution in [2.45, 2.75) is 37.0 Å². The summed E-state index contributed by atoms with van der Waals surface area (Å²) in [6, 6.07) is 1.90. The predicted octanol–water partition coefficient (Wildman–Crippen LogP) is 3.18. The third kappa shape index (κ3) is 3.58. The second-order valence-corrected chi connectivity index (χ2v) is 6.43. The Labute approximate surface area is 129 Å². The Balaban J connectivity index is 2.05. The fourth-order valence-electron chi connectivity index (χ4n) is 2.54. The van der Waals surface area contributed by atoms with Gasteiger partial charge in [-0.2, -0.15) is 11.8 Å². The molecule has 20 heavy (non-hydrogen) atoms. The van der Waals surface area contributed by atoms with Gasteiger partial charge in [0.15, 0.2) is 0 Å². The molecule has 1 aliphatic carbocycles. The van der Waals surface area contributed by atoms with Crippen molar-refractivity contribution in [1.29, 1.82) is 0 Å². The molecule has 0 spiro atoms. The summed E-state index contributed by atoms with van der Waals surface area (Å²) < 4.78 is 0. The summed E-state index contributed by atoms with van der Waals surface area (Å²) in [5.74, 6) is 0.496. The first-order chi connectivity index (χ1) is 9.65. The van der Waals surface area contributed by atoms with Gasteiger partial charge in [0.1, 0.15) is 5.82 Å². The molecule has 2 atom stereocenters. The first-order valence-electron chi connectivity index (χ1n) is 6.82. The molecule has 1 aliphatic rings. The van der Waals surface area contributed by atoms with Gasteiger partial charge in [0, 0.05) is 24.5 Å². The molecule has 2 unspecified atom stereocenters. The lowest BCUT2D eigenvalue weighted by Crippen LogP contribution is -2.43. The van der Waals surface area contributed by atoms with E-state index in [4.69, 9.17) is 11.6 Å². The molecule has 1 aromatic heterocycles. The van der Waals surface area contributed by atoms with Crippen molar-refractivity contribution in [1.82, 2.24) is 10.3 Å². The number of aromatic nitrogens is 1. The highest BCUT2D eigenvalue weighted by molar-refractivity contribution is 7.99. The van der Waals surface area contributed by atoms with Crippen molar-refractivity contribution < 1.29 is 4.79 Å². The van der Waals surface area contributed by atoms with Gasteiger partial charge in [0.2, 0.25) is 0 Å². The molecule has 1 heterocycles. The fraction of sp³-hybridized carbons (Fsp3) is 0.571. The zero-order valence-electron chi connectivity index (χ0n) is 11.8. The van der Waals surface area contributed by atoms with E-state index >= 15 is 0 Å². The molecule has 0 aliphatic heterocycles. The molecular formula is C14H20ClN3OS. The van der Waals surface area contributed by atoms with Crippen molar-refractivity contribution in [2.75, 3.05) is 18.6 Å². The number of anilines is 1. The van der Waals surface area contributed by atoms with E-state index in [-0.39, 0.29) is 11.9 Å². The minimum absolute atomic E-state index is 0.0898. The number of hydrogen-bond donors (Lipinski definition) is 2. The molecule has 0 bridgehead atoms. The maximum Gasteiger partial charge on any atom is 0.253 e. The van der Waals surface area contributed by atoms with Crippen molar-refractivity contribution in [3.63, 3.8) is 0 Å². The Bertz CT molecular complexity index is 483. The van der Waals surface area contributed by atoms with Crippen LogP contribution in [0.25, 0.3) is 0 Å². The maximum absolute atomic E-state index is 12.3. The quantitative estimate of drug-likeness (QED) is 0.896. The first-order valence-corrected chi connectivity index (χ1v) is 8.49. The molecule has 2 N–H and O–H groups in total. The van der Waals surface area contributed by atoms with Crippen molar-refractivity contribution >= 4 is 35.1 Å². The summed E-state index contributed by atoms with van der Waals surface area (Å²) in [7, 11) is 1.75. The third-order valence-electron chi connectivity index (χ3n) is 3.66. The standard InChI is InChI=1S/C14H20ClN3OS/c1-16-13-10(15)7-9(8-17-13)14(19)18-11-5-3-4-6-12(11)20-2/h7-8,11-12H,3-6H2,1-2H3,(H,16,17)(H,18,19). The van der Waals surface area contributed by atoms with E-state index in [0.717, 1.165) is 6.42 Å². The number of thioether (sulfide) groups is 1. The highest BCUT2D eigenvalue weighted by atomic mass is 35.5. The van der Waals surface area contributed by atoms with E-state index in [1.807, 2.05) is 11.8 Å². The zero-order chi connectivity index (χ0) is 14.5. The predicted molar refractivity (Wildman–Crippen MR) is 85.8 cm³/mol. The number of pyridine rings is 1. The molecule has 0 radical (unpaired) electrons. The number of carbonyl (C=O) groups is 1. The van der Waals surface area contributed by atoms with E-state index in [9.17, 15) is 4.79 Å². The maximum atomic E-state index is 12.3. The highest BCUT2D eigenvalue weighted by Crippen LogP contribution is 2.27. The monoisotopic (exact) mass is 313 g/mol. The number of nitrogens with one attached hydrogen (secondary N) is 2. The minimum atomic E-state index is -0.0898. The Kier molecular flexibility index (Phi) is 5.54. The van der Waals surface area contributed by atoms with Crippen LogP contribution < -0.4 is 10.6 Å². The summed E-state index contributed by atoms with van der Waals surface area (Å²) in [5, 5.41) is 6.97. The number of hydrogen-bond acceptors (Lipinski definition) is 4. The van der Waals surface area contributed by atoms with Crippen molar-refractivity contribution in [3.05, 3.63) is 22.8 Å². The van der Waals surface area contributed by atoms with Crippen LogP contribution in [0.4, 0.5) is 5.82 Å². The molecule has 1 fully saturated rings. The van der Waals surface area contributed by atoms with Gasteiger partial charge < -0.3 is 10.6 Å². The largest absolute Gasteiger partial charge is 0.372 e. The number of nitrogens with zero attached hydrogens (tertiary/aromatic N) is 1. The molecule has 0 saturated heterocycles. The molecule has 110 valence electrons. The lowest BCUT2D eigenvalue weighted by molar-refractivity contribution is 0.0929. The summed E-state index contributed by atoms with van der Waals surface area (Å²) in [6.07, 6.45) is 8.32. The lowest BCUT2D eigenvalue weighted by atomic mass is 9.94. The van der Waals surface area contributed by atoms with Gasteiger partial charge in [-0.15, -0.1) is 0 Å². The van der Waals surface area contributed by atoms with Gasteiger partial charge in [-0.3, -0.25) is 4.79 Å². The highest BCUT2D eigenvalue weighted by Gasteiger charge is 2.26. The lowest BCUT2D eigenvalue weighted by Gasteiger charge is -2.30. The topological polar surface area (TPSA) is 54.0 Å². The van der Waals surface area contributed by atoms with Gasteiger partial charge in [-0.25, -0.2) is 4.98 Å². The van der Waals surface area contributed by atoms with Crippen molar-refractivity contribution in [3.8, 4) is 0 Å². The Morgan fingerprint density at radius 2 is 2.20 bits per heavy atom. The van der Waals surface area contributed by atoms with Crippen LogP contribution in [0.5, 0.6) is 0 Å². The van der Waals surface area contributed by atoms with E-state index in [1.165, 1.54) is 19.3 Å². The van der Waals surface area contributed by atoms with Gasteiger partial charge >= 0.3 is 0 Å². The Morgan fingerprint density at radius 3 is 2.85 bits per heavy atom. The fourth-order valence-corrected chi connectivity index (χ4v) is 3.74. The first kappa shape index (κ1) is 15.4. The van der Waals surface area contributed by atoms with E-state index in [2.05, 4.69) is 21.9 Å². The molecule has 1 aromatic rings. The Hall–Kier alpha value is -0.940. The average molecular weight is 314 g/mol. The third-order valence-corrected chi connectivity index (χ3v) is 5.12. The molecule has 4 nitrogen and oxygen atoms in total. The number of halogens is 1.